The fourth-order valence-electron chi connectivity index (χ4n) is 4.18. The van der Waals surface area contributed by atoms with Gasteiger partial charge in [-0.2, -0.15) is 5.26 Å². The number of aliphatic carboxylic acids is 1. The number of carboxylic acids is 1. The van der Waals surface area contributed by atoms with Gasteiger partial charge in [0.2, 0.25) is 0 Å². The second-order valence-electron chi connectivity index (χ2n) is 8.65. The summed E-state index contributed by atoms with van der Waals surface area (Å²) in [4.78, 5) is 24.1. The smallest absolute Gasteiger partial charge is 0.412 e. The summed E-state index contributed by atoms with van der Waals surface area (Å²) in [7, 11) is 0. The lowest BCUT2D eigenvalue weighted by atomic mass is 9.94. The lowest BCUT2D eigenvalue weighted by Crippen LogP contribution is -2.31. The Morgan fingerprint density at radius 1 is 0.923 bits per heavy atom. The van der Waals surface area contributed by atoms with Crippen LogP contribution in [-0.2, 0) is 9.53 Å². The third-order valence-corrected chi connectivity index (χ3v) is 5.98. The third-order valence-electron chi connectivity index (χ3n) is 5.98. The van der Waals surface area contributed by atoms with Gasteiger partial charge in [0.1, 0.15) is 17.6 Å². The van der Waals surface area contributed by atoms with E-state index in [1.165, 1.54) is 12.1 Å². The number of rotatable bonds is 10. The summed E-state index contributed by atoms with van der Waals surface area (Å²) in [6.45, 7) is 0. The summed E-state index contributed by atoms with van der Waals surface area (Å²) in [6.07, 6.45) is 0.845. The topological polar surface area (TPSA) is 129 Å². The molecule has 0 unspecified atom stereocenters. The number of amides is 1. The number of phenols is 1. The molecular weight excluding hydrogens is 496 g/mol. The minimum Gasteiger partial charge on any atom is -0.507 e. The molecule has 2 atom stereocenters. The number of phenolic OH excluding ortho intramolecular Hbond substituents is 1. The monoisotopic (exact) mass is 522 g/mol. The molecule has 196 valence electrons. The van der Waals surface area contributed by atoms with Gasteiger partial charge in [-0.1, -0.05) is 54.6 Å². The molecular formula is C31H26N2O6. The summed E-state index contributed by atoms with van der Waals surface area (Å²) < 4.78 is 12.3. The Labute approximate surface area is 225 Å². The molecule has 3 N–H and O–H groups in total. The number of benzene rings is 4. The third kappa shape index (κ3) is 7.14. The highest BCUT2D eigenvalue weighted by molar-refractivity contribution is 5.91. The van der Waals surface area contributed by atoms with Gasteiger partial charge in [-0.25, -0.2) is 9.59 Å². The van der Waals surface area contributed by atoms with Crippen molar-refractivity contribution in [2.24, 2.45) is 0 Å². The molecule has 0 saturated carbocycles. The summed E-state index contributed by atoms with van der Waals surface area (Å²) >= 11 is 0. The van der Waals surface area contributed by atoms with Crippen LogP contribution >= 0.6 is 0 Å². The van der Waals surface area contributed by atoms with Crippen molar-refractivity contribution in [1.82, 2.24) is 0 Å². The van der Waals surface area contributed by atoms with Crippen molar-refractivity contribution in [3.63, 3.8) is 0 Å². The van der Waals surface area contributed by atoms with Crippen molar-refractivity contribution < 1.29 is 29.3 Å². The van der Waals surface area contributed by atoms with E-state index in [0.717, 1.165) is 6.08 Å². The highest BCUT2D eigenvalue weighted by atomic mass is 16.6. The Morgan fingerprint density at radius 3 is 2.31 bits per heavy atom. The Morgan fingerprint density at radius 2 is 1.62 bits per heavy atom. The molecule has 8 heteroatoms. The number of para-hydroxylation sites is 1. The fourth-order valence-corrected chi connectivity index (χ4v) is 4.18. The van der Waals surface area contributed by atoms with E-state index in [-0.39, 0.29) is 5.75 Å². The minimum absolute atomic E-state index is 0.0834. The molecule has 0 fully saturated rings. The van der Waals surface area contributed by atoms with Crippen LogP contribution in [0.3, 0.4) is 0 Å². The number of fused-ring (bicyclic) bond motifs is 1. The molecule has 4 rings (SSSR count). The number of nitriles is 1. The molecule has 0 saturated heterocycles. The van der Waals surface area contributed by atoms with Crippen LogP contribution in [-0.4, -0.2) is 28.4 Å². The fraction of sp³-hybridized carbons (Fsp3) is 0.129. The number of anilines is 1. The standard InChI is InChI=1S/C31H26N2O6/c32-20-21-14-16-22(17-15-21)33-31(37)39-30(26-18-19-27(34)25-11-5-4-10-24(25)26)28(12-6-7-13-29(35)36)38-23-8-2-1-3-9-23/h1-5,7-11,13-19,28,30,34H,6,12H2,(H,33,37)(H,35,36)/b13-7+/t28-,30-/m1/s1. The Hall–Kier alpha value is -5.29. The van der Waals surface area contributed by atoms with Crippen molar-refractivity contribution in [2.45, 2.75) is 25.0 Å². The van der Waals surface area contributed by atoms with E-state index in [2.05, 4.69) is 5.32 Å². The molecule has 0 aliphatic rings. The van der Waals surface area contributed by atoms with Crippen molar-refractivity contribution in [1.29, 1.82) is 5.26 Å². The number of nitrogens with one attached hydrogen (secondary N) is 1. The highest BCUT2D eigenvalue weighted by Gasteiger charge is 2.30. The van der Waals surface area contributed by atoms with E-state index in [0.29, 0.717) is 46.2 Å². The van der Waals surface area contributed by atoms with Gasteiger partial charge in [0, 0.05) is 22.7 Å². The molecule has 4 aromatic rings. The maximum absolute atomic E-state index is 13.1. The molecule has 8 nitrogen and oxygen atoms in total. The highest BCUT2D eigenvalue weighted by Crippen LogP contribution is 2.36. The number of nitrogens with zero attached hydrogens (tertiary/aromatic N) is 1. The SMILES string of the molecule is N#Cc1ccc(NC(=O)O[C@H](c2ccc(O)c3ccccc23)[C@@H](CC/C=C/C(=O)O)Oc2ccccc2)cc1. The number of ether oxygens (including phenoxy) is 2. The largest absolute Gasteiger partial charge is 0.507 e. The van der Waals surface area contributed by atoms with Crippen LogP contribution in [0.5, 0.6) is 11.5 Å². The van der Waals surface area contributed by atoms with Crippen molar-refractivity contribution in [3.05, 3.63) is 114 Å². The van der Waals surface area contributed by atoms with Crippen LogP contribution < -0.4 is 10.1 Å². The van der Waals surface area contributed by atoms with E-state index < -0.39 is 24.3 Å². The van der Waals surface area contributed by atoms with Crippen LogP contribution in [0.2, 0.25) is 0 Å². The van der Waals surface area contributed by atoms with E-state index in [9.17, 15) is 14.7 Å². The Bertz CT molecular complexity index is 1510. The second kappa shape index (κ2) is 12.8. The number of allylic oxidation sites excluding steroid dienone is 1. The average Bonchev–Trinajstić information content (AvgIpc) is 2.95. The molecule has 0 aliphatic heterocycles. The molecule has 0 heterocycles. The van der Waals surface area contributed by atoms with E-state index >= 15 is 0 Å². The van der Waals surface area contributed by atoms with E-state index in [1.807, 2.05) is 36.4 Å². The lowest BCUT2D eigenvalue weighted by Gasteiger charge is -2.29. The van der Waals surface area contributed by atoms with Crippen LogP contribution in [0.15, 0.2) is 103 Å². The first-order chi connectivity index (χ1) is 18.9. The predicted molar refractivity (Wildman–Crippen MR) is 146 cm³/mol. The normalized spacial score (nSPS) is 12.4. The number of hydrogen-bond acceptors (Lipinski definition) is 6. The number of aromatic hydroxyl groups is 1. The number of carbonyl (C=O) groups is 2. The first-order valence-electron chi connectivity index (χ1n) is 12.2. The van der Waals surface area contributed by atoms with Crippen molar-refractivity contribution in [2.75, 3.05) is 5.32 Å². The molecule has 1 amide bonds. The number of carboxylic acid groups (broad SMARTS) is 1. The zero-order chi connectivity index (χ0) is 27.6. The first-order valence-corrected chi connectivity index (χ1v) is 12.2. The molecule has 0 aliphatic carbocycles. The average molecular weight is 523 g/mol. The predicted octanol–water partition coefficient (Wildman–Crippen LogP) is 6.58. The van der Waals surface area contributed by atoms with Gasteiger partial charge >= 0.3 is 12.1 Å². The van der Waals surface area contributed by atoms with E-state index in [4.69, 9.17) is 19.8 Å². The van der Waals surface area contributed by atoms with Gasteiger partial charge in [-0.05, 0) is 60.7 Å². The summed E-state index contributed by atoms with van der Waals surface area (Å²) in [6, 6.07) is 27.9. The summed E-state index contributed by atoms with van der Waals surface area (Å²) in [5.41, 5.74) is 1.51. The van der Waals surface area contributed by atoms with Gasteiger partial charge in [-0.15, -0.1) is 0 Å². The van der Waals surface area contributed by atoms with E-state index in [1.54, 1.807) is 54.6 Å². The Balaban J connectivity index is 1.72. The van der Waals surface area contributed by atoms with Crippen LogP contribution in [0.25, 0.3) is 10.8 Å². The van der Waals surface area contributed by atoms with Crippen LogP contribution in [0.4, 0.5) is 10.5 Å². The molecule has 39 heavy (non-hydrogen) atoms. The zero-order valence-electron chi connectivity index (χ0n) is 20.9. The van der Waals surface area contributed by atoms with Crippen LogP contribution in [0.1, 0.15) is 30.1 Å². The minimum atomic E-state index is -1.06. The lowest BCUT2D eigenvalue weighted by molar-refractivity contribution is -0.131. The zero-order valence-corrected chi connectivity index (χ0v) is 20.9. The van der Waals surface area contributed by atoms with Crippen LogP contribution in [0, 0.1) is 11.3 Å². The first kappa shape index (κ1) is 26.8. The summed E-state index contributed by atoms with van der Waals surface area (Å²) in [5.74, 6) is -0.427. The summed E-state index contributed by atoms with van der Waals surface area (Å²) in [5, 5.41) is 32.4. The maximum Gasteiger partial charge on any atom is 0.412 e. The van der Waals surface area contributed by atoms with Gasteiger partial charge in [0.25, 0.3) is 0 Å². The molecule has 0 spiro atoms. The molecule has 0 aromatic heterocycles. The van der Waals surface area contributed by atoms with Gasteiger partial charge in [0.15, 0.2) is 6.10 Å². The van der Waals surface area contributed by atoms with Crippen molar-refractivity contribution >= 4 is 28.5 Å². The van der Waals surface area contributed by atoms with Gasteiger partial charge in [0.05, 0.1) is 11.6 Å². The van der Waals surface area contributed by atoms with Crippen molar-refractivity contribution in [3.8, 4) is 17.6 Å². The molecule has 0 radical (unpaired) electrons. The number of hydrogen-bond donors (Lipinski definition) is 3. The number of carbonyl (C=O) groups excluding carboxylic acids is 1. The maximum atomic E-state index is 13.1. The quantitative estimate of drug-likeness (QED) is 0.201. The Kier molecular flexibility index (Phi) is 8.78. The molecule has 4 aromatic carbocycles. The molecule has 0 bridgehead atoms. The van der Waals surface area contributed by atoms with Gasteiger partial charge < -0.3 is 19.7 Å². The van der Waals surface area contributed by atoms with Gasteiger partial charge in [-0.3, -0.25) is 5.32 Å². The second-order valence-corrected chi connectivity index (χ2v) is 8.65.